The van der Waals surface area contributed by atoms with Crippen molar-refractivity contribution < 1.29 is 14.3 Å². The maximum atomic E-state index is 11.3. The second kappa shape index (κ2) is 4.11. The van der Waals surface area contributed by atoms with Crippen LogP contribution in [-0.4, -0.2) is 17.4 Å². The Bertz CT molecular complexity index is 233. The predicted octanol–water partition coefficient (Wildman–Crippen LogP) is 2.09. The van der Waals surface area contributed by atoms with Crippen LogP contribution in [0.2, 0.25) is 0 Å². The van der Waals surface area contributed by atoms with E-state index in [4.69, 9.17) is 4.74 Å². The first-order chi connectivity index (χ1) is 6.38. The van der Waals surface area contributed by atoms with Gasteiger partial charge >= 0.3 is 5.97 Å². The molecule has 0 aromatic heterocycles. The molecule has 0 bridgehead atoms. The average molecular weight is 198 g/mol. The zero-order valence-electron chi connectivity index (χ0n) is 9.13. The van der Waals surface area contributed by atoms with Crippen LogP contribution in [0.1, 0.15) is 46.5 Å². The lowest BCUT2D eigenvalue weighted by atomic mass is 10.1. The quantitative estimate of drug-likeness (QED) is 0.649. The first-order valence-electron chi connectivity index (χ1n) is 5.13. The maximum absolute atomic E-state index is 11.3. The summed E-state index contributed by atoms with van der Waals surface area (Å²) >= 11 is 0. The summed E-state index contributed by atoms with van der Waals surface area (Å²) in [5.74, 6) is 0.194. The zero-order chi connectivity index (χ0) is 10.8. The van der Waals surface area contributed by atoms with Gasteiger partial charge in [-0.1, -0.05) is 0 Å². The van der Waals surface area contributed by atoms with Crippen LogP contribution in [0.15, 0.2) is 0 Å². The van der Waals surface area contributed by atoms with Gasteiger partial charge in [-0.15, -0.1) is 0 Å². The molecule has 3 heteroatoms. The van der Waals surface area contributed by atoms with Gasteiger partial charge in [-0.25, -0.2) is 0 Å². The van der Waals surface area contributed by atoms with E-state index in [0.29, 0.717) is 6.42 Å². The van der Waals surface area contributed by atoms with Crippen LogP contribution in [0.5, 0.6) is 0 Å². The third-order valence-corrected chi connectivity index (χ3v) is 2.03. The Labute approximate surface area is 84.8 Å². The van der Waals surface area contributed by atoms with E-state index in [-0.39, 0.29) is 24.1 Å². The molecule has 1 rings (SSSR count). The predicted molar refractivity (Wildman–Crippen MR) is 52.8 cm³/mol. The van der Waals surface area contributed by atoms with Crippen LogP contribution in [-0.2, 0) is 14.3 Å². The van der Waals surface area contributed by atoms with E-state index in [0.717, 1.165) is 12.8 Å². The molecular weight excluding hydrogens is 180 g/mol. The molecule has 1 aliphatic rings. The van der Waals surface area contributed by atoms with Gasteiger partial charge in [0.25, 0.3) is 0 Å². The Morgan fingerprint density at radius 1 is 1.21 bits per heavy atom. The number of carbonyl (C=O) groups is 2. The molecular formula is C11H18O3. The van der Waals surface area contributed by atoms with E-state index in [1.807, 2.05) is 20.8 Å². The minimum absolute atomic E-state index is 0.218. The summed E-state index contributed by atoms with van der Waals surface area (Å²) in [6.45, 7) is 5.48. The minimum atomic E-state index is -0.445. The van der Waals surface area contributed by atoms with Gasteiger partial charge in [0.05, 0.1) is 6.42 Å². The van der Waals surface area contributed by atoms with Gasteiger partial charge in [0.2, 0.25) is 0 Å². The van der Waals surface area contributed by atoms with Gasteiger partial charge in [-0.3, -0.25) is 9.59 Å². The zero-order valence-corrected chi connectivity index (χ0v) is 9.13. The molecule has 0 amide bonds. The van der Waals surface area contributed by atoms with Crippen LogP contribution >= 0.6 is 0 Å². The molecule has 0 aromatic rings. The van der Waals surface area contributed by atoms with Crippen molar-refractivity contribution in [2.45, 2.75) is 52.1 Å². The van der Waals surface area contributed by atoms with Crippen molar-refractivity contribution >= 4 is 11.8 Å². The Morgan fingerprint density at radius 3 is 2.21 bits per heavy atom. The van der Waals surface area contributed by atoms with Gasteiger partial charge in [0.15, 0.2) is 0 Å². The molecule has 80 valence electrons. The largest absolute Gasteiger partial charge is 0.460 e. The lowest BCUT2D eigenvalue weighted by molar-refractivity contribution is -0.155. The van der Waals surface area contributed by atoms with Crippen LogP contribution in [0.4, 0.5) is 0 Å². The molecule has 1 fully saturated rings. The number of hydrogen-bond donors (Lipinski definition) is 0. The molecule has 0 spiro atoms. The number of ether oxygens (including phenoxy) is 1. The fourth-order valence-electron chi connectivity index (χ4n) is 1.23. The molecule has 0 aliphatic heterocycles. The number of carbonyl (C=O) groups excluding carboxylic acids is 2. The molecule has 0 heterocycles. The fraction of sp³-hybridized carbons (Fsp3) is 0.818. The van der Waals surface area contributed by atoms with Crippen molar-refractivity contribution in [2.24, 2.45) is 5.92 Å². The second-order valence-electron chi connectivity index (χ2n) is 4.83. The molecule has 0 N–H and O–H groups in total. The highest BCUT2D eigenvalue weighted by atomic mass is 16.6. The standard InChI is InChI=1S/C11H18O3/c1-11(2,3)14-10(13)7-6-9(12)8-4-5-8/h8H,4-7H2,1-3H3. The summed E-state index contributed by atoms with van der Waals surface area (Å²) in [7, 11) is 0. The van der Waals surface area contributed by atoms with Gasteiger partial charge < -0.3 is 4.74 Å². The van der Waals surface area contributed by atoms with Crippen LogP contribution in [0.3, 0.4) is 0 Å². The summed E-state index contributed by atoms with van der Waals surface area (Å²) < 4.78 is 5.10. The minimum Gasteiger partial charge on any atom is -0.460 e. The second-order valence-corrected chi connectivity index (χ2v) is 4.83. The molecule has 14 heavy (non-hydrogen) atoms. The van der Waals surface area contributed by atoms with Gasteiger partial charge in [0.1, 0.15) is 11.4 Å². The SMILES string of the molecule is CC(C)(C)OC(=O)CCC(=O)C1CC1. The van der Waals surface area contributed by atoms with Crippen molar-refractivity contribution in [3.8, 4) is 0 Å². The van der Waals surface area contributed by atoms with Crippen molar-refractivity contribution in [3.05, 3.63) is 0 Å². The summed E-state index contributed by atoms with van der Waals surface area (Å²) in [4.78, 5) is 22.5. The highest BCUT2D eigenvalue weighted by molar-refractivity contribution is 5.86. The molecule has 3 nitrogen and oxygen atoms in total. The third kappa shape index (κ3) is 4.40. The number of esters is 1. The Morgan fingerprint density at radius 2 is 1.79 bits per heavy atom. The van der Waals surface area contributed by atoms with E-state index < -0.39 is 5.60 Å². The highest BCUT2D eigenvalue weighted by Gasteiger charge is 2.29. The van der Waals surface area contributed by atoms with Crippen molar-refractivity contribution in [2.75, 3.05) is 0 Å². The van der Waals surface area contributed by atoms with Crippen LogP contribution in [0.25, 0.3) is 0 Å². The molecule has 1 aliphatic carbocycles. The highest BCUT2D eigenvalue weighted by Crippen LogP contribution is 2.31. The lowest BCUT2D eigenvalue weighted by Crippen LogP contribution is -2.24. The lowest BCUT2D eigenvalue weighted by Gasteiger charge is -2.19. The van der Waals surface area contributed by atoms with Gasteiger partial charge in [0, 0.05) is 12.3 Å². The Balaban J connectivity index is 2.17. The van der Waals surface area contributed by atoms with E-state index in [9.17, 15) is 9.59 Å². The molecule has 0 unspecified atom stereocenters. The third-order valence-electron chi connectivity index (χ3n) is 2.03. The summed E-state index contributed by atoms with van der Waals surface area (Å²) in [6, 6.07) is 0. The number of rotatable bonds is 4. The van der Waals surface area contributed by atoms with Crippen LogP contribution < -0.4 is 0 Å². The average Bonchev–Trinajstić information content (AvgIpc) is 2.78. The molecule has 0 aromatic carbocycles. The fourth-order valence-corrected chi connectivity index (χ4v) is 1.23. The summed E-state index contributed by atoms with van der Waals surface area (Å²) in [5.41, 5.74) is -0.445. The molecule has 0 radical (unpaired) electrons. The number of hydrogen-bond acceptors (Lipinski definition) is 3. The Kier molecular flexibility index (Phi) is 3.29. The van der Waals surface area contributed by atoms with Gasteiger partial charge in [-0.2, -0.15) is 0 Å². The van der Waals surface area contributed by atoms with E-state index in [2.05, 4.69) is 0 Å². The van der Waals surface area contributed by atoms with Gasteiger partial charge in [-0.05, 0) is 33.6 Å². The first-order valence-corrected chi connectivity index (χ1v) is 5.13. The first kappa shape index (κ1) is 11.2. The van der Waals surface area contributed by atoms with E-state index in [1.54, 1.807) is 0 Å². The summed E-state index contributed by atoms with van der Waals surface area (Å²) in [5, 5.41) is 0. The molecule has 1 saturated carbocycles. The topological polar surface area (TPSA) is 43.4 Å². The normalized spacial score (nSPS) is 16.5. The molecule has 0 atom stereocenters. The summed E-state index contributed by atoms with van der Waals surface area (Å²) in [6.07, 6.45) is 2.59. The number of Topliss-reactive ketones (excluding diaryl/α,β-unsaturated/α-hetero) is 1. The number of ketones is 1. The Hall–Kier alpha value is -0.860. The van der Waals surface area contributed by atoms with Crippen LogP contribution in [0, 0.1) is 5.92 Å². The van der Waals surface area contributed by atoms with Crippen molar-refractivity contribution in [1.29, 1.82) is 0 Å². The smallest absolute Gasteiger partial charge is 0.306 e. The monoisotopic (exact) mass is 198 g/mol. The van der Waals surface area contributed by atoms with Crippen molar-refractivity contribution in [3.63, 3.8) is 0 Å². The van der Waals surface area contributed by atoms with E-state index >= 15 is 0 Å². The van der Waals surface area contributed by atoms with E-state index in [1.165, 1.54) is 0 Å². The van der Waals surface area contributed by atoms with Crippen molar-refractivity contribution in [1.82, 2.24) is 0 Å². The molecule has 0 saturated heterocycles. The maximum Gasteiger partial charge on any atom is 0.306 e.